The fraction of sp³-hybridized carbons (Fsp3) is 0.462. The molecule has 94 valence electrons. The molecular formula is C13H20N2O2. The van der Waals surface area contributed by atoms with E-state index in [4.69, 9.17) is 5.11 Å². The fourth-order valence-corrected chi connectivity index (χ4v) is 1.59. The van der Waals surface area contributed by atoms with E-state index < -0.39 is 0 Å². The normalized spacial score (nSPS) is 10.9. The third kappa shape index (κ3) is 4.44. The van der Waals surface area contributed by atoms with Gasteiger partial charge in [0.1, 0.15) is 5.75 Å². The molecule has 4 heteroatoms. The maximum absolute atomic E-state index is 11.8. The van der Waals surface area contributed by atoms with Crippen LogP contribution < -0.4 is 5.32 Å². The van der Waals surface area contributed by atoms with Crippen LogP contribution in [0.5, 0.6) is 5.75 Å². The van der Waals surface area contributed by atoms with E-state index in [2.05, 4.69) is 24.1 Å². The molecule has 0 saturated heterocycles. The molecule has 1 amide bonds. The van der Waals surface area contributed by atoms with Crippen LogP contribution in [-0.4, -0.2) is 35.0 Å². The summed E-state index contributed by atoms with van der Waals surface area (Å²) in [5, 5.41) is 11.9. The molecule has 0 heterocycles. The number of amides is 1. The van der Waals surface area contributed by atoms with Crippen LogP contribution in [0.2, 0.25) is 0 Å². The van der Waals surface area contributed by atoms with Crippen molar-refractivity contribution in [3.63, 3.8) is 0 Å². The van der Waals surface area contributed by atoms with Gasteiger partial charge in [-0.2, -0.15) is 0 Å². The Hall–Kier alpha value is -1.55. The minimum atomic E-state index is -0.0359. The number of benzene rings is 1. The Morgan fingerprint density at radius 3 is 2.41 bits per heavy atom. The number of nitrogens with one attached hydrogen (secondary N) is 1. The van der Waals surface area contributed by atoms with E-state index in [0.717, 1.165) is 6.54 Å². The summed E-state index contributed by atoms with van der Waals surface area (Å²) >= 11 is 0. The first kappa shape index (κ1) is 13.5. The number of phenolic OH excluding ortho intramolecular Hbond substituents is 1. The summed E-state index contributed by atoms with van der Waals surface area (Å²) in [7, 11) is 0. The first-order valence-corrected chi connectivity index (χ1v) is 5.86. The van der Waals surface area contributed by atoms with Gasteiger partial charge in [0.25, 0.3) is 0 Å². The number of hydrogen-bond donors (Lipinski definition) is 2. The summed E-state index contributed by atoms with van der Waals surface area (Å²) < 4.78 is 0. The van der Waals surface area contributed by atoms with E-state index in [0.29, 0.717) is 18.3 Å². The number of hydrogen-bond acceptors (Lipinski definition) is 3. The summed E-state index contributed by atoms with van der Waals surface area (Å²) in [5.41, 5.74) is 0.701. The molecule has 0 radical (unpaired) electrons. The zero-order chi connectivity index (χ0) is 12.8. The third-order valence-electron chi connectivity index (χ3n) is 2.63. The number of likely N-dealkylation sites (N-methyl/N-ethyl adjacent to an activating group) is 1. The summed E-state index contributed by atoms with van der Waals surface area (Å²) in [4.78, 5) is 13.8. The van der Waals surface area contributed by atoms with E-state index in [9.17, 15) is 4.79 Å². The van der Waals surface area contributed by atoms with Crippen molar-refractivity contribution >= 4 is 11.6 Å². The van der Waals surface area contributed by atoms with Gasteiger partial charge < -0.3 is 10.4 Å². The quantitative estimate of drug-likeness (QED) is 0.769. The molecule has 0 aliphatic carbocycles. The van der Waals surface area contributed by atoms with Gasteiger partial charge in [-0.3, -0.25) is 9.69 Å². The van der Waals surface area contributed by atoms with Crippen LogP contribution in [0.1, 0.15) is 20.8 Å². The van der Waals surface area contributed by atoms with Gasteiger partial charge >= 0.3 is 0 Å². The Bertz CT molecular complexity index is 360. The fourth-order valence-electron chi connectivity index (χ4n) is 1.59. The minimum Gasteiger partial charge on any atom is -0.508 e. The number of carbonyl (C=O) groups is 1. The maximum Gasteiger partial charge on any atom is 0.238 e. The SMILES string of the molecule is CCN(CC(=O)Nc1ccc(O)cc1)C(C)C. The average molecular weight is 236 g/mol. The smallest absolute Gasteiger partial charge is 0.238 e. The largest absolute Gasteiger partial charge is 0.508 e. The molecule has 0 bridgehead atoms. The topological polar surface area (TPSA) is 52.6 Å². The van der Waals surface area contributed by atoms with Gasteiger partial charge in [0.2, 0.25) is 5.91 Å². The first-order chi connectivity index (χ1) is 8.02. The molecule has 0 unspecified atom stereocenters. The highest BCUT2D eigenvalue weighted by atomic mass is 16.3. The van der Waals surface area contributed by atoms with E-state index >= 15 is 0 Å². The van der Waals surface area contributed by atoms with Crippen molar-refractivity contribution in [1.29, 1.82) is 0 Å². The molecule has 17 heavy (non-hydrogen) atoms. The number of aromatic hydroxyl groups is 1. The van der Waals surface area contributed by atoms with Gasteiger partial charge in [-0.1, -0.05) is 6.92 Å². The Morgan fingerprint density at radius 2 is 1.94 bits per heavy atom. The van der Waals surface area contributed by atoms with Crippen molar-refractivity contribution in [1.82, 2.24) is 4.90 Å². The zero-order valence-corrected chi connectivity index (χ0v) is 10.6. The molecule has 0 spiro atoms. The Balaban J connectivity index is 2.52. The molecule has 0 saturated carbocycles. The van der Waals surface area contributed by atoms with Gasteiger partial charge in [-0.25, -0.2) is 0 Å². The first-order valence-electron chi connectivity index (χ1n) is 5.86. The summed E-state index contributed by atoms with van der Waals surface area (Å²) in [6, 6.07) is 6.81. The summed E-state index contributed by atoms with van der Waals surface area (Å²) in [6.07, 6.45) is 0. The van der Waals surface area contributed by atoms with E-state index in [-0.39, 0.29) is 11.7 Å². The van der Waals surface area contributed by atoms with Crippen molar-refractivity contribution in [3.05, 3.63) is 24.3 Å². The predicted molar refractivity (Wildman–Crippen MR) is 69.1 cm³/mol. The molecule has 0 aliphatic heterocycles. The third-order valence-corrected chi connectivity index (χ3v) is 2.63. The molecule has 0 aromatic heterocycles. The lowest BCUT2D eigenvalue weighted by Crippen LogP contribution is -2.37. The molecule has 0 fully saturated rings. The lowest BCUT2D eigenvalue weighted by atomic mass is 10.3. The van der Waals surface area contributed by atoms with Crippen molar-refractivity contribution in [2.45, 2.75) is 26.8 Å². The Morgan fingerprint density at radius 1 is 1.35 bits per heavy atom. The predicted octanol–water partition coefficient (Wildman–Crippen LogP) is 2.06. The van der Waals surface area contributed by atoms with Gasteiger partial charge in [0.15, 0.2) is 0 Å². The van der Waals surface area contributed by atoms with Gasteiger partial charge in [-0.15, -0.1) is 0 Å². The van der Waals surface area contributed by atoms with E-state index in [1.165, 1.54) is 0 Å². The Labute approximate surface area is 102 Å². The lowest BCUT2D eigenvalue weighted by molar-refractivity contribution is -0.117. The van der Waals surface area contributed by atoms with Gasteiger partial charge in [0, 0.05) is 11.7 Å². The number of nitrogens with zero attached hydrogens (tertiary/aromatic N) is 1. The van der Waals surface area contributed by atoms with Crippen LogP contribution in [0.15, 0.2) is 24.3 Å². The van der Waals surface area contributed by atoms with Crippen LogP contribution >= 0.6 is 0 Å². The highest BCUT2D eigenvalue weighted by Crippen LogP contribution is 2.13. The average Bonchev–Trinajstić information content (AvgIpc) is 2.28. The second-order valence-electron chi connectivity index (χ2n) is 4.25. The summed E-state index contributed by atoms with van der Waals surface area (Å²) in [6.45, 7) is 7.40. The highest BCUT2D eigenvalue weighted by Gasteiger charge is 2.11. The summed E-state index contributed by atoms with van der Waals surface area (Å²) in [5.74, 6) is 0.159. The van der Waals surface area contributed by atoms with Crippen LogP contribution in [0, 0.1) is 0 Å². The van der Waals surface area contributed by atoms with Crippen LogP contribution in [-0.2, 0) is 4.79 Å². The molecule has 0 aliphatic rings. The Kier molecular flexibility index (Phi) is 4.97. The molecule has 1 aromatic rings. The number of anilines is 1. The molecule has 1 rings (SSSR count). The van der Waals surface area contributed by atoms with Crippen molar-refractivity contribution in [2.75, 3.05) is 18.4 Å². The van der Waals surface area contributed by atoms with E-state index in [1.54, 1.807) is 24.3 Å². The number of phenols is 1. The number of rotatable bonds is 5. The second-order valence-corrected chi connectivity index (χ2v) is 4.25. The van der Waals surface area contributed by atoms with Crippen molar-refractivity contribution in [2.24, 2.45) is 0 Å². The number of carbonyl (C=O) groups excluding carboxylic acids is 1. The monoisotopic (exact) mass is 236 g/mol. The van der Waals surface area contributed by atoms with Gasteiger partial charge in [-0.05, 0) is 44.7 Å². The van der Waals surface area contributed by atoms with Crippen LogP contribution in [0.4, 0.5) is 5.69 Å². The lowest BCUT2D eigenvalue weighted by Gasteiger charge is -2.23. The standard InChI is InChI=1S/C13H20N2O2/c1-4-15(10(2)3)9-13(17)14-11-5-7-12(16)8-6-11/h5-8,10,16H,4,9H2,1-3H3,(H,14,17). The second kappa shape index (κ2) is 6.25. The molecule has 2 N–H and O–H groups in total. The van der Waals surface area contributed by atoms with E-state index in [1.807, 2.05) is 6.92 Å². The molecule has 4 nitrogen and oxygen atoms in total. The van der Waals surface area contributed by atoms with Crippen molar-refractivity contribution in [3.8, 4) is 5.75 Å². The van der Waals surface area contributed by atoms with Gasteiger partial charge in [0.05, 0.1) is 6.54 Å². The molecule has 1 aromatic carbocycles. The molecule has 0 atom stereocenters. The highest BCUT2D eigenvalue weighted by molar-refractivity contribution is 5.92. The molecular weight excluding hydrogens is 216 g/mol. The minimum absolute atomic E-state index is 0.0359. The van der Waals surface area contributed by atoms with Crippen molar-refractivity contribution < 1.29 is 9.90 Å². The zero-order valence-electron chi connectivity index (χ0n) is 10.6. The van der Waals surface area contributed by atoms with Crippen LogP contribution in [0.3, 0.4) is 0 Å². The maximum atomic E-state index is 11.8. The van der Waals surface area contributed by atoms with Crippen LogP contribution in [0.25, 0.3) is 0 Å².